The van der Waals surface area contributed by atoms with Crippen molar-refractivity contribution in [3.05, 3.63) is 18.2 Å². The van der Waals surface area contributed by atoms with Crippen LogP contribution in [0.15, 0.2) is 12.4 Å². The van der Waals surface area contributed by atoms with Crippen LogP contribution in [0, 0.1) is 11.7 Å². The van der Waals surface area contributed by atoms with E-state index in [-0.39, 0.29) is 10.9 Å². The number of aliphatic carboxylic acids is 1. The molecule has 0 bridgehead atoms. The van der Waals surface area contributed by atoms with Crippen LogP contribution in [0.25, 0.3) is 0 Å². The second kappa shape index (κ2) is 8.82. The summed E-state index contributed by atoms with van der Waals surface area (Å²) in [6.45, 7) is 2.48. The summed E-state index contributed by atoms with van der Waals surface area (Å²) in [5.74, 6) is -2.39. The fourth-order valence-corrected chi connectivity index (χ4v) is 5.02. The third-order valence-electron chi connectivity index (χ3n) is 5.41. The molecule has 2 saturated heterocycles. The van der Waals surface area contributed by atoms with Gasteiger partial charge >= 0.3 is 12.1 Å². The van der Waals surface area contributed by atoms with Crippen LogP contribution in [0.1, 0.15) is 25.7 Å². The quantitative estimate of drug-likeness (QED) is 0.597. The van der Waals surface area contributed by atoms with Crippen molar-refractivity contribution in [2.75, 3.05) is 31.1 Å². The first kappa shape index (κ1) is 23.6. The van der Waals surface area contributed by atoms with Crippen molar-refractivity contribution in [2.45, 2.75) is 42.7 Å². The summed E-state index contributed by atoms with van der Waals surface area (Å²) in [5.41, 5.74) is -0.247. The number of sulfonamides is 1. The SMILES string of the molecule is O=C(O)C(F)(F)F.O=S(=O)(NCCC1CCOC12CN(c1ncc(F)cn1)C2)C1CC1. The molecule has 1 unspecified atom stereocenters. The van der Waals surface area contributed by atoms with Crippen LogP contribution >= 0.6 is 0 Å². The molecule has 0 aromatic carbocycles. The van der Waals surface area contributed by atoms with Gasteiger partial charge in [0.1, 0.15) is 5.60 Å². The number of nitrogens with one attached hydrogen (secondary N) is 1. The van der Waals surface area contributed by atoms with Gasteiger partial charge in [0.25, 0.3) is 0 Å². The van der Waals surface area contributed by atoms with Crippen LogP contribution in [0.3, 0.4) is 0 Å². The van der Waals surface area contributed by atoms with Crippen molar-refractivity contribution in [3.8, 4) is 0 Å². The van der Waals surface area contributed by atoms with Crippen molar-refractivity contribution >= 4 is 21.9 Å². The minimum Gasteiger partial charge on any atom is -0.475 e. The van der Waals surface area contributed by atoms with E-state index in [4.69, 9.17) is 14.6 Å². The van der Waals surface area contributed by atoms with Gasteiger partial charge < -0.3 is 14.7 Å². The highest BCUT2D eigenvalue weighted by Crippen LogP contribution is 2.42. The van der Waals surface area contributed by atoms with E-state index >= 15 is 0 Å². The van der Waals surface area contributed by atoms with Crippen molar-refractivity contribution in [1.29, 1.82) is 0 Å². The molecule has 1 aromatic rings. The van der Waals surface area contributed by atoms with Crippen molar-refractivity contribution < 1.29 is 40.6 Å². The Hall–Kier alpha value is -2.06. The number of nitrogens with zero attached hydrogens (tertiary/aromatic N) is 3. The molecular weight excluding hydrogens is 448 g/mol. The number of carbonyl (C=O) groups is 1. The summed E-state index contributed by atoms with van der Waals surface area (Å²) in [4.78, 5) is 18.8. The molecule has 1 saturated carbocycles. The highest BCUT2D eigenvalue weighted by molar-refractivity contribution is 7.90. The Balaban J connectivity index is 0.000000339. The summed E-state index contributed by atoms with van der Waals surface area (Å²) in [5, 5.41) is 6.95. The summed E-state index contributed by atoms with van der Waals surface area (Å²) < 4.78 is 77.1. The maximum Gasteiger partial charge on any atom is 0.490 e. The van der Waals surface area contributed by atoms with Crippen LogP contribution in [-0.2, 0) is 19.6 Å². The van der Waals surface area contributed by atoms with Crippen molar-refractivity contribution in [2.24, 2.45) is 5.92 Å². The highest BCUT2D eigenvalue weighted by Gasteiger charge is 2.53. The third-order valence-corrected chi connectivity index (χ3v) is 7.36. The number of hydrogen-bond donors (Lipinski definition) is 2. The lowest BCUT2D eigenvalue weighted by Gasteiger charge is -2.50. The Labute approximate surface area is 175 Å². The summed E-state index contributed by atoms with van der Waals surface area (Å²) in [6, 6.07) is 0. The molecule has 2 N–H and O–H groups in total. The Bertz CT molecular complexity index is 887. The maximum atomic E-state index is 12.9. The molecule has 0 radical (unpaired) electrons. The highest BCUT2D eigenvalue weighted by atomic mass is 32.2. The average molecular weight is 470 g/mol. The molecule has 1 aromatic heterocycles. The molecule has 1 spiro atoms. The van der Waals surface area contributed by atoms with E-state index in [1.165, 1.54) is 0 Å². The first-order valence-electron chi connectivity index (χ1n) is 9.58. The minimum atomic E-state index is -5.08. The molecule has 1 atom stereocenters. The van der Waals surface area contributed by atoms with Gasteiger partial charge in [-0.2, -0.15) is 13.2 Å². The lowest BCUT2D eigenvalue weighted by Crippen LogP contribution is -2.65. The Kier molecular flexibility index (Phi) is 6.72. The Morgan fingerprint density at radius 3 is 2.35 bits per heavy atom. The van der Waals surface area contributed by atoms with E-state index in [1.54, 1.807) is 0 Å². The van der Waals surface area contributed by atoms with E-state index in [0.717, 1.165) is 38.1 Å². The van der Waals surface area contributed by atoms with E-state index in [1.807, 2.05) is 4.90 Å². The van der Waals surface area contributed by atoms with Gasteiger partial charge in [0, 0.05) is 13.2 Å². The fraction of sp³-hybridized carbons (Fsp3) is 0.706. The van der Waals surface area contributed by atoms with E-state index in [9.17, 15) is 26.0 Å². The molecule has 2 aliphatic heterocycles. The third kappa shape index (κ3) is 5.80. The number of hydrogen-bond acceptors (Lipinski definition) is 7. The largest absolute Gasteiger partial charge is 0.490 e. The van der Waals surface area contributed by atoms with E-state index in [2.05, 4.69) is 14.7 Å². The molecule has 9 nitrogen and oxygen atoms in total. The van der Waals surface area contributed by atoms with Crippen LogP contribution in [-0.4, -0.2) is 72.7 Å². The molecule has 14 heteroatoms. The maximum absolute atomic E-state index is 12.9. The van der Waals surface area contributed by atoms with Crippen LogP contribution < -0.4 is 9.62 Å². The van der Waals surface area contributed by atoms with Crippen molar-refractivity contribution in [1.82, 2.24) is 14.7 Å². The van der Waals surface area contributed by atoms with Crippen LogP contribution in [0.4, 0.5) is 23.5 Å². The molecule has 4 rings (SSSR count). The van der Waals surface area contributed by atoms with E-state index < -0.39 is 28.0 Å². The standard InChI is InChI=1S/C15H21FN4O3S.C2HF3O2/c16-12-7-17-14(18-8-12)20-9-15(10-20)11(4-6-23-15)3-5-19-24(21,22)13-1-2-13;3-2(4,5)1(6)7/h7-8,11,13,19H,1-6,9-10H2;(H,6,7). The zero-order valence-electron chi connectivity index (χ0n) is 16.3. The number of aromatic nitrogens is 2. The van der Waals surface area contributed by atoms with Gasteiger partial charge in [-0.25, -0.2) is 32.3 Å². The molecule has 1 aliphatic carbocycles. The minimum absolute atomic E-state index is 0.180. The predicted octanol–water partition coefficient (Wildman–Crippen LogP) is 1.32. The fourth-order valence-electron chi connectivity index (χ4n) is 3.62. The number of ether oxygens (including phenoxy) is 1. The number of alkyl halides is 3. The zero-order chi connectivity index (χ0) is 22.9. The van der Waals surface area contributed by atoms with Gasteiger partial charge in [-0.3, -0.25) is 0 Å². The number of carboxylic acid groups (broad SMARTS) is 1. The van der Waals surface area contributed by atoms with Crippen LogP contribution in [0.5, 0.6) is 0 Å². The first-order valence-corrected chi connectivity index (χ1v) is 11.1. The molecule has 31 heavy (non-hydrogen) atoms. The van der Waals surface area contributed by atoms with Gasteiger partial charge in [0.2, 0.25) is 16.0 Å². The first-order chi connectivity index (χ1) is 14.4. The Morgan fingerprint density at radius 2 is 1.84 bits per heavy atom. The second-order valence-corrected chi connectivity index (χ2v) is 9.73. The number of halogens is 4. The second-order valence-electron chi connectivity index (χ2n) is 7.69. The molecule has 3 fully saturated rings. The number of rotatable bonds is 6. The number of carboxylic acids is 1. The summed E-state index contributed by atoms with van der Waals surface area (Å²) in [6.07, 6.45) is 0.490. The topological polar surface area (TPSA) is 122 Å². The van der Waals surface area contributed by atoms with Gasteiger partial charge in [0.05, 0.1) is 30.7 Å². The number of anilines is 1. The molecule has 3 aliphatic rings. The lowest BCUT2D eigenvalue weighted by atomic mass is 9.79. The monoisotopic (exact) mass is 470 g/mol. The normalized spacial score (nSPS) is 22.6. The summed E-state index contributed by atoms with van der Waals surface area (Å²) in [7, 11) is -3.12. The molecule has 174 valence electrons. The van der Waals surface area contributed by atoms with Gasteiger partial charge in [0.15, 0.2) is 5.82 Å². The van der Waals surface area contributed by atoms with Crippen LogP contribution in [0.2, 0.25) is 0 Å². The van der Waals surface area contributed by atoms with Gasteiger partial charge in [-0.15, -0.1) is 0 Å². The predicted molar refractivity (Wildman–Crippen MR) is 99.2 cm³/mol. The van der Waals surface area contributed by atoms with Crippen molar-refractivity contribution in [3.63, 3.8) is 0 Å². The lowest BCUT2D eigenvalue weighted by molar-refractivity contribution is -0.192. The van der Waals surface area contributed by atoms with Gasteiger partial charge in [-0.1, -0.05) is 0 Å². The summed E-state index contributed by atoms with van der Waals surface area (Å²) >= 11 is 0. The molecule has 3 heterocycles. The smallest absolute Gasteiger partial charge is 0.475 e. The Morgan fingerprint density at radius 1 is 1.26 bits per heavy atom. The van der Waals surface area contributed by atoms with E-state index in [0.29, 0.717) is 38.1 Å². The molecule has 0 amide bonds. The zero-order valence-corrected chi connectivity index (χ0v) is 17.1. The molecular formula is C17H22F4N4O5S. The average Bonchev–Trinajstić information content (AvgIpc) is 3.43. The van der Waals surface area contributed by atoms with Gasteiger partial charge in [-0.05, 0) is 31.6 Å².